The summed E-state index contributed by atoms with van der Waals surface area (Å²) < 4.78 is 38.8. The molecule has 0 unspecified atom stereocenters. The summed E-state index contributed by atoms with van der Waals surface area (Å²) in [5.74, 6) is -0.677. The van der Waals surface area contributed by atoms with E-state index in [9.17, 15) is 27.9 Å². The Labute approximate surface area is 135 Å². The molecule has 1 aromatic carbocycles. The molecule has 1 aliphatic heterocycles. The summed E-state index contributed by atoms with van der Waals surface area (Å²) in [5, 5.41) is 11.8. The zero-order valence-corrected chi connectivity index (χ0v) is 13.0. The van der Waals surface area contributed by atoms with Crippen molar-refractivity contribution in [2.45, 2.75) is 31.0 Å². The third-order valence-electron chi connectivity index (χ3n) is 3.81. The standard InChI is InChI=1S/C15H16F3NO3S/c16-15(17,18)11-4-2-1-3-10(11)9-12(20)19-14(13(21)22)5-7-23-8-6-14/h1-4H,5-9H2,(H,19,20)(H,21,22). The van der Waals surface area contributed by atoms with Crippen molar-refractivity contribution < 1.29 is 27.9 Å². The van der Waals surface area contributed by atoms with Crippen LogP contribution in [0, 0.1) is 0 Å². The lowest BCUT2D eigenvalue weighted by molar-refractivity contribution is -0.148. The number of thioether (sulfide) groups is 1. The number of rotatable bonds is 4. The SMILES string of the molecule is O=C(Cc1ccccc1C(F)(F)F)NC1(C(=O)O)CCSCC1. The van der Waals surface area contributed by atoms with Crippen LogP contribution >= 0.6 is 11.8 Å². The number of carboxylic acid groups (broad SMARTS) is 1. The number of alkyl halides is 3. The molecule has 1 heterocycles. The molecule has 1 saturated heterocycles. The molecule has 1 aromatic rings. The number of carbonyl (C=O) groups excluding carboxylic acids is 1. The van der Waals surface area contributed by atoms with E-state index in [-0.39, 0.29) is 18.4 Å². The number of carboxylic acids is 1. The van der Waals surface area contributed by atoms with Crippen LogP contribution < -0.4 is 5.32 Å². The van der Waals surface area contributed by atoms with Crippen LogP contribution in [0.25, 0.3) is 0 Å². The van der Waals surface area contributed by atoms with Crippen LogP contribution in [0.4, 0.5) is 13.2 Å². The van der Waals surface area contributed by atoms with Crippen LogP contribution in [0.1, 0.15) is 24.0 Å². The van der Waals surface area contributed by atoms with Gasteiger partial charge in [0.1, 0.15) is 5.54 Å². The van der Waals surface area contributed by atoms with Gasteiger partial charge in [-0.2, -0.15) is 24.9 Å². The van der Waals surface area contributed by atoms with Crippen molar-refractivity contribution >= 4 is 23.6 Å². The Hall–Kier alpha value is -1.70. The number of hydrogen-bond donors (Lipinski definition) is 2. The van der Waals surface area contributed by atoms with E-state index in [1.165, 1.54) is 18.2 Å². The molecule has 8 heteroatoms. The molecular formula is C15H16F3NO3S. The third kappa shape index (κ3) is 4.19. The van der Waals surface area contributed by atoms with Crippen molar-refractivity contribution in [1.29, 1.82) is 0 Å². The van der Waals surface area contributed by atoms with Crippen molar-refractivity contribution in [2.24, 2.45) is 0 Å². The van der Waals surface area contributed by atoms with Gasteiger partial charge in [-0.05, 0) is 36.0 Å². The Bertz CT molecular complexity index is 598. The highest BCUT2D eigenvalue weighted by atomic mass is 32.2. The van der Waals surface area contributed by atoms with Gasteiger partial charge in [-0.1, -0.05) is 18.2 Å². The molecular weight excluding hydrogens is 331 g/mol. The summed E-state index contributed by atoms with van der Waals surface area (Å²) in [6, 6.07) is 4.81. The maximum atomic E-state index is 12.9. The Morgan fingerprint density at radius 2 is 1.83 bits per heavy atom. The quantitative estimate of drug-likeness (QED) is 0.879. The molecule has 0 aliphatic carbocycles. The summed E-state index contributed by atoms with van der Waals surface area (Å²) >= 11 is 1.59. The minimum absolute atomic E-state index is 0.164. The first-order chi connectivity index (χ1) is 10.7. The Morgan fingerprint density at radius 3 is 2.39 bits per heavy atom. The smallest absolute Gasteiger partial charge is 0.416 e. The number of hydrogen-bond acceptors (Lipinski definition) is 3. The zero-order valence-electron chi connectivity index (χ0n) is 12.2. The average molecular weight is 347 g/mol. The molecule has 0 atom stereocenters. The van der Waals surface area contributed by atoms with Gasteiger partial charge in [0.05, 0.1) is 12.0 Å². The van der Waals surface area contributed by atoms with Crippen LogP contribution in [0.5, 0.6) is 0 Å². The third-order valence-corrected chi connectivity index (χ3v) is 4.79. The predicted molar refractivity (Wildman–Crippen MR) is 80.2 cm³/mol. The number of aliphatic carboxylic acids is 1. The molecule has 0 radical (unpaired) electrons. The molecule has 1 fully saturated rings. The maximum Gasteiger partial charge on any atom is 0.416 e. The number of amides is 1. The van der Waals surface area contributed by atoms with Crippen LogP contribution in [0.15, 0.2) is 24.3 Å². The van der Waals surface area contributed by atoms with Crippen molar-refractivity contribution in [2.75, 3.05) is 11.5 Å². The van der Waals surface area contributed by atoms with E-state index in [1.54, 1.807) is 11.8 Å². The summed E-state index contributed by atoms with van der Waals surface area (Å²) in [5.41, 5.74) is -2.42. The average Bonchev–Trinajstić information content (AvgIpc) is 2.47. The van der Waals surface area contributed by atoms with Gasteiger partial charge in [-0.3, -0.25) is 4.79 Å². The largest absolute Gasteiger partial charge is 0.480 e. The summed E-state index contributed by atoms with van der Waals surface area (Å²) in [7, 11) is 0. The molecule has 23 heavy (non-hydrogen) atoms. The summed E-state index contributed by atoms with van der Waals surface area (Å²) in [6.07, 6.45) is -4.53. The van der Waals surface area contributed by atoms with Gasteiger partial charge in [-0.15, -0.1) is 0 Å². The summed E-state index contributed by atoms with van der Waals surface area (Å²) in [6.45, 7) is 0. The highest BCUT2D eigenvalue weighted by molar-refractivity contribution is 7.99. The van der Waals surface area contributed by atoms with Gasteiger partial charge < -0.3 is 10.4 Å². The first-order valence-electron chi connectivity index (χ1n) is 7.02. The van der Waals surface area contributed by atoms with Crippen LogP contribution in [0.3, 0.4) is 0 Å². The van der Waals surface area contributed by atoms with Gasteiger partial charge in [0.25, 0.3) is 0 Å². The maximum absolute atomic E-state index is 12.9. The van der Waals surface area contributed by atoms with Crippen molar-refractivity contribution in [1.82, 2.24) is 5.32 Å². The van der Waals surface area contributed by atoms with E-state index in [1.807, 2.05) is 0 Å². The fraction of sp³-hybridized carbons (Fsp3) is 0.467. The molecule has 2 N–H and O–H groups in total. The lowest BCUT2D eigenvalue weighted by atomic mass is 9.91. The van der Waals surface area contributed by atoms with Crippen molar-refractivity contribution in [3.05, 3.63) is 35.4 Å². The van der Waals surface area contributed by atoms with E-state index >= 15 is 0 Å². The molecule has 0 spiro atoms. The van der Waals surface area contributed by atoms with Crippen LogP contribution in [-0.4, -0.2) is 34.0 Å². The second-order valence-electron chi connectivity index (χ2n) is 5.38. The Morgan fingerprint density at radius 1 is 1.22 bits per heavy atom. The number of halogens is 3. The number of benzene rings is 1. The summed E-state index contributed by atoms with van der Waals surface area (Å²) in [4.78, 5) is 23.6. The first kappa shape index (κ1) is 17.7. The second kappa shape index (κ2) is 6.82. The Balaban J connectivity index is 2.15. The van der Waals surface area contributed by atoms with Crippen LogP contribution in [-0.2, 0) is 22.2 Å². The van der Waals surface area contributed by atoms with Gasteiger partial charge in [-0.25, -0.2) is 4.79 Å². The minimum Gasteiger partial charge on any atom is -0.480 e. The highest BCUT2D eigenvalue weighted by Crippen LogP contribution is 2.32. The normalized spacial score (nSPS) is 17.5. The van der Waals surface area contributed by atoms with E-state index in [2.05, 4.69) is 5.32 Å². The monoisotopic (exact) mass is 347 g/mol. The molecule has 4 nitrogen and oxygen atoms in total. The molecule has 1 aliphatic rings. The van der Waals surface area contributed by atoms with Crippen molar-refractivity contribution in [3.63, 3.8) is 0 Å². The molecule has 126 valence electrons. The van der Waals surface area contributed by atoms with Gasteiger partial charge in [0.15, 0.2) is 0 Å². The lowest BCUT2D eigenvalue weighted by Crippen LogP contribution is -2.56. The fourth-order valence-electron chi connectivity index (χ4n) is 2.55. The number of carbonyl (C=O) groups is 2. The minimum atomic E-state index is -4.55. The van der Waals surface area contributed by atoms with E-state index in [0.717, 1.165) is 6.07 Å². The molecule has 1 amide bonds. The van der Waals surface area contributed by atoms with Crippen molar-refractivity contribution in [3.8, 4) is 0 Å². The van der Waals surface area contributed by atoms with Gasteiger partial charge in [0, 0.05) is 0 Å². The molecule has 0 saturated carbocycles. The second-order valence-corrected chi connectivity index (χ2v) is 6.60. The van der Waals surface area contributed by atoms with E-state index in [0.29, 0.717) is 11.5 Å². The van der Waals surface area contributed by atoms with Gasteiger partial charge >= 0.3 is 12.1 Å². The topological polar surface area (TPSA) is 66.4 Å². The van der Waals surface area contributed by atoms with Crippen LogP contribution in [0.2, 0.25) is 0 Å². The van der Waals surface area contributed by atoms with Gasteiger partial charge in [0.2, 0.25) is 5.91 Å². The molecule has 0 aromatic heterocycles. The highest BCUT2D eigenvalue weighted by Gasteiger charge is 2.41. The van der Waals surface area contributed by atoms with E-state index in [4.69, 9.17) is 0 Å². The van der Waals surface area contributed by atoms with E-state index < -0.39 is 35.6 Å². The number of nitrogens with one attached hydrogen (secondary N) is 1. The molecule has 2 rings (SSSR count). The zero-order chi connectivity index (χ0) is 17.1. The Kier molecular flexibility index (Phi) is 5.23. The molecule has 0 bridgehead atoms. The predicted octanol–water partition coefficient (Wildman–Crippen LogP) is 2.71. The first-order valence-corrected chi connectivity index (χ1v) is 8.17. The lowest BCUT2D eigenvalue weighted by Gasteiger charge is -2.33. The fourth-order valence-corrected chi connectivity index (χ4v) is 3.74.